The quantitative estimate of drug-likeness (QED) is 0.790. The van der Waals surface area contributed by atoms with Crippen LogP contribution in [0.1, 0.15) is 22.5 Å². The molecular formula is C13H15BrN4O2. The van der Waals surface area contributed by atoms with Gasteiger partial charge in [0.05, 0.1) is 10.7 Å². The zero-order valence-corrected chi connectivity index (χ0v) is 12.6. The molecule has 0 aliphatic heterocycles. The van der Waals surface area contributed by atoms with E-state index in [4.69, 9.17) is 4.42 Å². The molecule has 2 aromatic rings. The molecule has 0 fully saturated rings. The van der Waals surface area contributed by atoms with Gasteiger partial charge in [0.25, 0.3) is 5.91 Å². The van der Waals surface area contributed by atoms with Crippen LogP contribution in [0.15, 0.2) is 33.6 Å². The Morgan fingerprint density at radius 1 is 1.35 bits per heavy atom. The second kappa shape index (κ2) is 7.04. The molecule has 0 unspecified atom stereocenters. The maximum Gasteiger partial charge on any atom is 0.287 e. The Hall–Kier alpha value is -1.89. The molecule has 0 saturated carbocycles. The summed E-state index contributed by atoms with van der Waals surface area (Å²) in [6, 6.07) is 1.77. The van der Waals surface area contributed by atoms with Crippen molar-refractivity contribution in [1.82, 2.24) is 15.3 Å². The maximum absolute atomic E-state index is 11.7. The van der Waals surface area contributed by atoms with Crippen LogP contribution in [0.3, 0.4) is 0 Å². The van der Waals surface area contributed by atoms with Crippen molar-refractivity contribution in [3.05, 3.63) is 40.5 Å². The molecule has 0 aliphatic carbocycles. The third-order valence-electron chi connectivity index (χ3n) is 2.61. The van der Waals surface area contributed by atoms with Crippen LogP contribution in [-0.4, -0.2) is 29.0 Å². The third-order valence-corrected chi connectivity index (χ3v) is 3.02. The molecule has 0 radical (unpaired) electrons. The molecule has 0 saturated heterocycles. The second-order valence-corrected chi connectivity index (χ2v) is 5.11. The zero-order valence-electron chi connectivity index (χ0n) is 11.0. The molecule has 0 aromatic carbocycles. The van der Waals surface area contributed by atoms with E-state index in [0.29, 0.717) is 24.8 Å². The number of carbonyl (C=O) groups excluding carboxylic acids is 1. The number of halogens is 1. The summed E-state index contributed by atoms with van der Waals surface area (Å²) in [5, 5.41) is 5.87. The first-order valence-electron chi connectivity index (χ1n) is 6.20. The monoisotopic (exact) mass is 338 g/mol. The van der Waals surface area contributed by atoms with Crippen LogP contribution in [0, 0.1) is 6.92 Å². The van der Waals surface area contributed by atoms with Crippen LogP contribution >= 0.6 is 15.9 Å². The highest BCUT2D eigenvalue weighted by Crippen LogP contribution is 2.08. The fraction of sp³-hybridized carbons (Fsp3) is 0.308. The van der Waals surface area contributed by atoms with Gasteiger partial charge >= 0.3 is 0 Å². The summed E-state index contributed by atoms with van der Waals surface area (Å²) < 4.78 is 5.95. The molecular weight excluding hydrogens is 324 g/mol. The van der Waals surface area contributed by atoms with Gasteiger partial charge in [-0.1, -0.05) is 0 Å². The number of aryl methyl sites for hydroxylation is 1. The fourth-order valence-electron chi connectivity index (χ4n) is 1.58. The number of furan rings is 1. The van der Waals surface area contributed by atoms with Crippen LogP contribution < -0.4 is 10.6 Å². The predicted octanol–water partition coefficient (Wildman–Crippen LogP) is 2.37. The fourth-order valence-corrected chi connectivity index (χ4v) is 1.78. The Morgan fingerprint density at radius 3 is 2.75 bits per heavy atom. The van der Waals surface area contributed by atoms with E-state index < -0.39 is 0 Å². The number of hydrogen-bond acceptors (Lipinski definition) is 5. The first-order chi connectivity index (χ1) is 9.66. The summed E-state index contributed by atoms with van der Waals surface area (Å²) in [7, 11) is 0. The van der Waals surface area contributed by atoms with Crippen molar-refractivity contribution in [2.24, 2.45) is 0 Å². The number of aromatic nitrogens is 2. The third kappa shape index (κ3) is 4.06. The van der Waals surface area contributed by atoms with Crippen molar-refractivity contribution >= 4 is 27.8 Å². The van der Waals surface area contributed by atoms with Crippen molar-refractivity contribution in [2.75, 3.05) is 18.4 Å². The number of nitrogens with one attached hydrogen (secondary N) is 2. The minimum Gasteiger partial charge on any atom is -0.459 e. The van der Waals surface area contributed by atoms with Crippen molar-refractivity contribution in [3.8, 4) is 0 Å². The molecule has 0 bridgehead atoms. The van der Waals surface area contributed by atoms with Gasteiger partial charge in [-0.05, 0) is 35.3 Å². The molecule has 106 valence electrons. The molecule has 0 spiro atoms. The summed E-state index contributed by atoms with van der Waals surface area (Å²) in [6.45, 7) is 3.08. The maximum atomic E-state index is 11.7. The van der Waals surface area contributed by atoms with Gasteiger partial charge in [-0.15, -0.1) is 0 Å². The van der Waals surface area contributed by atoms with E-state index in [-0.39, 0.29) is 5.91 Å². The van der Waals surface area contributed by atoms with Crippen molar-refractivity contribution in [1.29, 1.82) is 0 Å². The Morgan fingerprint density at radius 2 is 2.10 bits per heavy atom. The van der Waals surface area contributed by atoms with Gasteiger partial charge in [-0.3, -0.25) is 4.79 Å². The average Bonchev–Trinajstić information content (AvgIpc) is 2.86. The number of rotatable bonds is 6. The molecule has 0 aliphatic rings. The molecule has 6 nitrogen and oxygen atoms in total. The van der Waals surface area contributed by atoms with E-state index in [2.05, 4.69) is 36.5 Å². The van der Waals surface area contributed by atoms with Gasteiger partial charge in [0.2, 0.25) is 5.95 Å². The van der Waals surface area contributed by atoms with E-state index in [9.17, 15) is 4.79 Å². The highest BCUT2D eigenvalue weighted by atomic mass is 79.9. The van der Waals surface area contributed by atoms with E-state index in [1.54, 1.807) is 18.5 Å². The van der Waals surface area contributed by atoms with Crippen molar-refractivity contribution < 1.29 is 9.21 Å². The number of hydrogen-bond donors (Lipinski definition) is 2. The largest absolute Gasteiger partial charge is 0.459 e. The van der Waals surface area contributed by atoms with Crippen LogP contribution in [0.4, 0.5) is 5.95 Å². The Balaban J connectivity index is 1.66. The van der Waals surface area contributed by atoms with Crippen molar-refractivity contribution in [3.63, 3.8) is 0 Å². The van der Waals surface area contributed by atoms with E-state index >= 15 is 0 Å². The van der Waals surface area contributed by atoms with Gasteiger partial charge in [0.1, 0.15) is 0 Å². The highest BCUT2D eigenvalue weighted by molar-refractivity contribution is 9.10. The molecule has 7 heteroatoms. The van der Waals surface area contributed by atoms with Crippen molar-refractivity contribution in [2.45, 2.75) is 13.3 Å². The molecule has 2 heterocycles. The Bertz CT molecular complexity index is 568. The number of nitrogens with zero attached hydrogens (tertiary/aromatic N) is 2. The highest BCUT2D eigenvalue weighted by Gasteiger charge is 2.11. The average molecular weight is 339 g/mol. The van der Waals surface area contributed by atoms with Gasteiger partial charge in [0.15, 0.2) is 5.76 Å². The van der Waals surface area contributed by atoms with Crippen LogP contribution in [0.2, 0.25) is 0 Å². The van der Waals surface area contributed by atoms with Crippen LogP contribution in [-0.2, 0) is 0 Å². The van der Waals surface area contributed by atoms with Gasteiger partial charge in [-0.2, -0.15) is 0 Å². The molecule has 1 amide bonds. The lowest BCUT2D eigenvalue weighted by atomic mass is 10.2. The summed E-state index contributed by atoms with van der Waals surface area (Å²) in [4.78, 5) is 19.9. The van der Waals surface area contributed by atoms with Gasteiger partial charge < -0.3 is 15.1 Å². The second-order valence-electron chi connectivity index (χ2n) is 4.19. The lowest BCUT2D eigenvalue weighted by Crippen LogP contribution is -2.26. The lowest BCUT2D eigenvalue weighted by Gasteiger charge is -2.05. The molecule has 20 heavy (non-hydrogen) atoms. The smallest absolute Gasteiger partial charge is 0.287 e. The molecule has 2 N–H and O–H groups in total. The topological polar surface area (TPSA) is 80.0 Å². The number of anilines is 1. The zero-order chi connectivity index (χ0) is 14.4. The SMILES string of the molecule is Cc1ccoc1C(=O)NCCCNc1ncc(Br)cn1. The van der Waals surface area contributed by atoms with E-state index in [1.807, 2.05) is 6.92 Å². The van der Waals surface area contributed by atoms with E-state index in [0.717, 1.165) is 16.5 Å². The minimum atomic E-state index is -0.188. The minimum absolute atomic E-state index is 0.188. The summed E-state index contributed by atoms with van der Waals surface area (Å²) in [6.07, 6.45) is 5.63. The first kappa shape index (κ1) is 14.5. The predicted molar refractivity (Wildman–Crippen MR) is 78.6 cm³/mol. The Labute approximate surface area is 125 Å². The normalized spacial score (nSPS) is 10.3. The van der Waals surface area contributed by atoms with Gasteiger partial charge in [0, 0.05) is 31.0 Å². The van der Waals surface area contributed by atoms with Gasteiger partial charge in [-0.25, -0.2) is 9.97 Å². The first-order valence-corrected chi connectivity index (χ1v) is 7.00. The lowest BCUT2D eigenvalue weighted by molar-refractivity contribution is 0.0925. The summed E-state index contributed by atoms with van der Waals surface area (Å²) in [5.74, 6) is 0.753. The standard InChI is InChI=1S/C13H15BrN4O2/c1-9-3-6-20-11(9)12(19)15-4-2-5-16-13-17-7-10(14)8-18-13/h3,6-8H,2,4-5H2,1H3,(H,15,19)(H,16,17,18). The van der Waals surface area contributed by atoms with Crippen LogP contribution in [0.5, 0.6) is 0 Å². The molecule has 2 aromatic heterocycles. The summed E-state index contributed by atoms with van der Waals surface area (Å²) >= 11 is 3.27. The summed E-state index contributed by atoms with van der Waals surface area (Å²) in [5.41, 5.74) is 0.837. The van der Waals surface area contributed by atoms with Crippen LogP contribution in [0.25, 0.3) is 0 Å². The Kier molecular flexibility index (Phi) is 5.11. The number of carbonyl (C=O) groups is 1. The number of amides is 1. The molecule has 0 atom stereocenters. The molecule has 2 rings (SSSR count). The van der Waals surface area contributed by atoms with E-state index in [1.165, 1.54) is 6.26 Å².